The summed E-state index contributed by atoms with van der Waals surface area (Å²) in [5.41, 5.74) is -1.20. The summed E-state index contributed by atoms with van der Waals surface area (Å²) in [6.45, 7) is 12.6. The van der Waals surface area contributed by atoms with Gasteiger partial charge in [0.1, 0.15) is 5.60 Å². The SMILES string of the molecule is COC[C@]1(C(=O)N2CCSC(C)(C)C2)CCN(C(=O)OC(C)(C)C)C1. The lowest BCUT2D eigenvalue weighted by molar-refractivity contribution is -0.144. The zero-order valence-corrected chi connectivity index (χ0v) is 17.2. The summed E-state index contributed by atoms with van der Waals surface area (Å²) in [5, 5.41) is 0. The van der Waals surface area contributed by atoms with E-state index in [1.54, 1.807) is 12.0 Å². The van der Waals surface area contributed by atoms with E-state index in [4.69, 9.17) is 9.47 Å². The van der Waals surface area contributed by atoms with E-state index in [1.165, 1.54) is 0 Å². The predicted molar refractivity (Wildman–Crippen MR) is 99.9 cm³/mol. The highest BCUT2D eigenvalue weighted by Crippen LogP contribution is 2.37. The van der Waals surface area contributed by atoms with Gasteiger partial charge >= 0.3 is 6.09 Å². The Kier molecular flexibility index (Phi) is 5.99. The van der Waals surface area contributed by atoms with Crippen molar-refractivity contribution < 1.29 is 19.1 Å². The highest BCUT2D eigenvalue weighted by atomic mass is 32.2. The molecule has 0 bridgehead atoms. The van der Waals surface area contributed by atoms with Gasteiger partial charge < -0.3 is 19.3 Å². The van der Waals surface area contributed by atoms with Crippen LogP contribution in [0, 0.1) is 5.41 Å². The van der Waals surface area contributed by atoms with Crippen molar-refractivity contribution in [3.05, 3.63) is 0 Å². The molecule has 2 rings (SSSR count). The summed E-state index contributed by atoms with van der Waals surface area (Å²) in [5.74, 6) is 1.05. The number of thioether (sulfide) groups is 1. The van der Waals surface area contributed by atoms with Gasteiger partial charge in [-0.3, -0.25) is 4.79 Å². The van der Waals surface area contributed by atoms with E-state index in [0.29, 0.717) is 26.1 Å². The number of amides is 2. The summed E-state index contributed by atoms with van der Waals surface area (Å²) >= 11 is 1.90. The highest BCUT2D eigenvalue weighted by molar-refractivity contribution is 8.00. The third kappa shape index (κ3) is 5.03. The van der Waals surface area contributed by atoms with Crippen molar-refractivity contribution in [2.45, 2.75) is 51.4 Å². The molecule has 2 saturated heterocycles. The number of hydrogen-bond acceptors (Lipinski definition) is 5. The van der Waals surface area contributed by atoms with Gasteiger partial charge in [0.2, 0.25) is 5.91 Å². The molecule has 0 radical (unpaired) electrons. The van der Waals surface area contributed by atoms with Gasteiger partial charge in [-0.25, -0.2) is 4.79 Å². The standard InChI is InChI=1S/C18H32N2O4S/c1-16(2,3)24-15(22)20-8-7-18(12-20,13-23-6)14(21)19-9-10-25-17(4,5)11-19/h7-13H2,1-6H3/t18-/m0/s1. The number of likely N-dealkylation sites (tertiary alicyclic amines) is 1. The first-order valence-electron chi connectivity index (χ1n) is 8.88. The molecule has 144 valence electrons. The molecule has 0 spiro atoms. The Hall–Kier alpha value is -0.950. The first-order chi connectivity index (χ1) is 11.5. The summed E-state index contributed by atoms with van der Waals surface area (Å²) in [4.78, 5) is 29.3. The number of hydrogen-bond donors (Lipinski definition) is 0. The Morgan fingerprint density at radius 1 is 1.12 bits per heavy atom. The molecule has 6 nitrogen and oxygen atoms in total. The summed E-state index contributed by atoms with van der Waals surface area (Å²) < 4.78 is 10.9. The van der Waals surface area contributed by atoms with Crippen LogP contribution in [0.15, 0.2) is 0 Å². The smallest absolute Gasteiger partial charge is 0.410 e. The largest absolute Gasteiger partial charge is 0.444 e. The molecule has 25 heavy (non-hydrogen) atoms. The van der Waals surface area contributed by atoms with Crippen LogP contribution in [-0.4, -0.2) is 77.8 Å². The quantitative estimate of drug-likeness (QED) is 0.762. The van der Waals surface area contributed by atoms with Crippen molar-refractivity contribution in [3.63, 3.8) is 0 Å². The van der Waals surface area contributed by atoms with Crippen molar-refractivity contribution in [2.24, 2.45) is 5.41 Å². The van der Waals surface area contributed by atoms with Crippen LogP contribution in [0.1, 0.15) is 41.0 Å². The molecular weight excluding hydrogens is 340 g/mol. The summed E-state index contributed by atoms with van der Waals surface area (Å²) in [6, 6.07) is 0. The average Bonchev–Trinajstić information content (AvgIpc) is 2.89. The van der Waals surface area contributed by atoms with Crippen LogP contribution in [0.25, 0.3) is 0 Å². The van der Waals surface area contributed by atoms with Crippen molar-refractivity contribution in [1.82, 2.24) is 9.80 Å². The summed E-state index contributed by atoms with van der Waals surface area (Å²) in [7, 11) is 1.61. The lowest BCUT2D eigenvalue weighted by Crippen LogP contribution is -2.54. The second-order valence-electron chi connectivity index (χ2n) is 8.70. The van der Waals surface area contributed by atoms with E-state index in [-0.39, 0.29) is 16.7 Å². The lowest BCUT2D eigenvalue weighted by Gasteiger charge is -2.41. The van der Waals surface area contributed by atoms with E-state index < -0.39 is 11.0 Å². The fourth-order valence-corrected chi connectivity index (χ4v) is 4.62. The molecule has 1 atom stereocenters. The predicted octanol–water partition coefficient (Wildman–Crippen LogP) is 2.61. The number of carbonyl (C=O) groups excluding carboxylic acids is 2. The highest BCUT2D eigenvalue weighted by Gasteiger charge is 2.49. The zero-order chi connectivity index (χ0) is 18.9. The third-order valence-corrected chi connectivity index (χ3v) is 5.89. The molecule has 0 saturated carbocycles. The fraction of sp³-hybridized carbons (Fsp3) is 0.889. The molecule has 2 aliphatic heterocycles. The maximum absolute atomic E-state index is 13.3. The Labute approximate surface area is 155 Å². The average molecular weight is 373 g/mol. The monoisotopic (exact) mass is 372 g/mol. The molecular formula is C18H32N2O4S. The Morgan fingerprint density at radius 3 is 2.36 bits per heavy atom. The van der Waals surface area contributed by atoms with Crippen LogP contribution in [0.2, 0.25) is 0 Å². The molecule has 7 heteroatoms. The minimum Gasteiger partial charge on any atom is -0.444 e. The number of nitrogens with zero attached hydrogens (tertiary/aromatic N) is 2. The van der Waals surface area contributed by atoms with Gasteiger partial charge in [0.15, 0.2) is 0 Å². The number of ether oxygens (including phenoxy) is 2. The van der Waals surface area contributed by atoms with E-state index >= 15 is 0 Å². The zero-order valence-electron chi connectivity index (χ0n) is 16.4. The van der Waals surface area contributed by atoms with E-state index in [0.717, 1.165) is 18.8 Å². The van der Waals surface area contributed by atoms with Gasteiger partial charge in [-0.05, 0) is 41.0 Å². The fourth-order valence-electron chi connectivity index (χ4n) is 3.51. The molecule has 2 aliphatic rings. The van der Waals surface area contributed by atoms with Gasteiger partial charge in [0, 0.05) is 43.8 Å². The molecule has 2 fully saturated rings. The third-order valence-electron chi connectivity index (χ3n) is 4.59. The van der Waals surface area contributed by atoms with Crippen LogP contribution >= 0.6 is 11.8 Å². The van der Waals surface area contributed by atoms with Crippen molar-refractivity contribution in [2.75, 3.05) is 45.6 Å². The maximum atomic E-state index is 13.3. The van der Waals surface area contributed by atoms with Crippen LogP contribution in [-0.2, 0) is 14.3 Å². The van der Waals surface area contributed by atoms with Crippen LogP contribution < -0.4 is 0 Å². The van der Waals surface area contributed by atoms with Gasteiger partial charge in [0.25, 0.3) is 0 Å². The van der Waals surface area contributed by atoms with Crippen molar-refractivity contribution in [3.8, 4) is 0 Å². The minimum atomic E-state index is -0.663. The lowest BCUT2D eigenvalue weighted by atomic mass is 9.86. The maximum Gasteiger partial charge on any atom is 0.410 e. The Morgan fingerprint density at radius 2 is 1.80 bits per heavy atom. The van der Waals surface area contributed by atoms with Gasteiger partial charge in [-0.2, -0.15) is 11.8 Å². The Bertz CT molecular complexity index is 518. The van der Waals surface area contributed by atoms with E-state index in [1.807, 2.05) is 37.4 Å². The number of methoxy groups -OCH3 is 1. The molecule has 0 unspecified atom stereocenters. The number of rotatable bonds is 3. The topological polar surface area (TPSA) is 59.1 Å². The van der Waals surface area contributed by atoms with Crippen LogP contribution in [0.5, 0.6) is 0 Å². The van der Waals surface area contributed by atoms with Gasteiger partial charge in [-0.1, -0.05) is 0 Å². The van der Waals surface area contributed by atoms with Crippen molar-refractivity contribution >= 4 is 23.8 Å². The second kappa shape index (κ2) is 7.35. The molecule has 0 N–H and O–H groups in total. The number of carbonyl (C=O) groups is 2. The molecule has 0 aromatic carbocycles. The van der Waals surface area contributed by atoms with Gasteiger partial charge in [-0.15, -0.1) is 0 Å². The minimum absolute atomic E-state index is 0.0611. The first-order valence-corrected chi connectivity index (χ1v) is 9.87. The normalized spacial score (nSPS) is 26.6. The van der Waals surface area contributed by atoms with E-state index in [9.17, 15) is 9.59 Å². The summed E-state index contributed by atoms with van der Waals surface area (Å²) in [6.07, 6.45) is 0.260. The van der Waals surface area contributed by atoms with Crippen LogP contribution in [0.4, 0.5) is 4.79 Å². The molecule has 0 aliphatic carbocycles. The molecule has 0 aromatic heterocycles. The first kappa shape index (κ1) is 20.4. The molecule has 2 heterocycles. The second-order valence-corrected chi connectivity index (χ2v) is 10.5. The van der Waals surface area contributed by atoms with Gasteiger partial charge in [0.05, 0.1) is 12.0 Å². The molecule has 2 amide bonds. The Balaban J connectivity index is 2.11. The molecule has 0 aromatic rings. The van der Waals surface area contributed by atoms with Crippen LogP contribution in [0.3, 0.4) is 0 Å². The van der Waals surface area contributed by atoms with Crippen molar-refractivity contribution in [1.29, 1.82) is 0 Å². The van der Waals surface area contributed by atoms with E-state index in [2.05, 4.69) is 13.8 Å².